The maximum absolute atomic E-state index is 12.2. The van der Waals surface area contributed by atoms with Gasteiger partial charge in [0, 0.05) is 10.5 Å². The SMILES string of the molecule is CC(NS(=O)(=O)c1ccc(Br)cc1)c1ccccc1. The van der Waals surface area contributed by atoms with Gasteiger partial charge in [0.2, 0.25) is 10.0 Å². The van der Waals surface area contributed by atoms with Crippen molar-refractivity contribution in [3.63, 3.8) is 0 Å². The van der Waals surface area contributed by atoms with Crippen molar-refractivity contribution in [1.82, 2.24) is 4.72 Å². The molecule has 100 valence electrons. The highest BCUT2D eigenvalue weighted by Crippen LogP contribution is 2.18. The minimum atomic E-state index is -3.50. The summed E-state index contributed by atoms with van der Waals surface area (Å²) in [6, 6.07) is 15.8. The Kier molecular flexibility index (Phi) is 4.39. The van der Waals surface area contributed by atoms with Gasteiger partial charge in [0.1, 0.15) is 0 Å². The summed E-state index contributed by atoms with van der Waals surface area (Å²) in [5, 5.41) is 0. The maximum Gasteiger partial charge on any atom is 0.241 e. The molecule has 2 aromatic carbocycles. The number of benzene rings is 2. The molecular formula is C14H14BrNO2S. The first-order valence-corrected chi connectivity index (χ1v) is 8.09. The number of sulfonamides is 1. The standard InChI is InChI=1S/C14H14BrNO2S/c1-11(12-5-3-2-4-6-12)16-19(17,18)14-9-7-13(15)8-10-14/h2-11,16H,1H3. The zero-order chi connectivity index (χ0) is 13.9. The summed E-state index contributed by atoms with van der Waals surface area (Å²) < 4.78 is 27.9. The summed E-state index contributed by atoms with van der Waals surface area (Å²) in [5.41, 5.74) is 0.934. The average Bonchev–Trinajstić information content (AvgIpc) is 2.40. The summed E-state index contributed by atoms with van der Waals surface area (Å²) in [7, 11) is -3.50. The van der Waals surface area contributed by atoms with Crippen molar-refractivity contribution in [3.8, 4) is 0 Å². The highest BCUT2D eigenvalue weighted by Gasteiger charge is 2.17. The quantitative estimate of drug-likeness (QED) is 0.926. The monoisotopic (exact) mass is 339 g/mol. The highest BCUT2D eigenvalue weighted by molar-refractivity contribution is 9.10. The van der Waals surface area contributed by atoms with E-state index in [9.17, 15) is 8.42 Å². The molecule has 0 heterocycles. The molecule has 0 saturated carbocycles. The van der Waals surface area contributed by atoms with Crippen molar-refractivity contribution < 1.29 is 8.42 Å². The van der Waals surface area contributed by atoms with Gasteiger partial charge >= 0.3 is 0 Å². The molecule has 0 aliphatic rings. The molecule has 0 aliphatic carbocycles. The van der Waals surface area contributed by atoms with Gasteiger partial charge in [0.15, 0.2) is 0 Å². The van der Waals surface area contributed by atoms with Crippen molar-refractivity contribution in [1.29, 1.82) is 0 Å². The van der Waals surface area contributed by atoms with Crippen LogP contribution in [0.4, 0.5) is 0 Å². The minimum Gasteiger partial charge on any atom is -0.207 e. The summed E-state index contributed by atoms with van der Waals surface area (Å²) in [6.45, 7) is 1.83. The summed E-state index contributed by atoms with van der Waals surface area (Å²) >= 11 is 3.28. The van der Waals surface area contributed by atoms with E-state index in [2.05, 4.69) is 20.7 Å². The van der Waals surface area contributed by atoms with Gasteiger partial charge in [-0.15, -0.1) is 0 Å². The molecule has 1 unspecified atom stereocenters. The lowest BCUT2D eigenvalue weighted by Crippen LogP contribution is -2.26. The first-order chi connectivity index (χ1) is 8.99. The van der Waals surface area contributed by atoms with Crippen LogP contribution in [0.25, 0.3) is 0 Å². The summed E-state index contributed by atoms with van der Waals surface area (Å²) in [6.07, 6.45) is 0. The topological polar surface area (TPSA) is 46.2 Å². The fourth-order valence-electron chi connectivity index (χ4n) is 1.72. The lowest BCUT2D eigenvalue weighted by atomic mass is 10.1. The zero-order valence-electron chi connectivity index (χ0n) is 10.4. The van der Waals surface area contributed by atoms with E-state index in [0.717, 1.165) is 10.0 Å². The molecule has 2 rings (SSSR count). The Morgan fingerprint density at radius 2 is 1.58 bits per heavy atom. The van der Waals surface area contributed by atoms with Gasteiger partial charge in [-0.05, 0) is 36.8 Å². The van der Waals surface area contributed by atoms with E-state index in [1.165, 1.54) is 0 Å². The lowest BCUT2D eigenvalue weighted by molar-refractivity contribution is 0.567. The fraction of sp³-hybridized carbons (Fsp3) is 0.143. The van der Waals surface area contributed by atoms with Crippen LogP contribution >= 0.6 is 15.9 Å². The van der Waals surface area contributed by atoms with Gasteiger partial charge in [0.25, 0.3) is 0 Å². The Labute approximate surface area is 121 Å². The molecule has 19 heavy (non-hydrogen) atoms. The summed E-state index contributed by atoms with van der Waals surface area (Å²) in [5.74, 6) is 0. The molecule has 3 nitrogen and oxygen atoms in total. The first kappa shape index (κ1) is 14.2. The molecule has 1 N–H and O–H groups in total. The Hall–Kier alpha value is -1.17. The number of halogens is 1. The van der Waals surface area contributed by atoms with Crippen LogP contribution in [0.3, 0.4) is 0 Å². The van der Waals surface area contributed by atoms with Crippen LogP contribution < -0.4 is 4.72 Å². The Balaban J connectivity index is 2.20. The molecule has 0 aliphatic heterocycles. The van der Waals surface area contributed by atoms with E-state index < -0.39 is 10.0 Å². The van der Waals surface area contributed by atoms with Gasteiger partial charge in [-0.1, -0.05) is 46.3 Å². The van der Waals surface area contributed by atoms with E-state index in [0.29, 0.717) is 0 Å². The number of nitrogens with one attached hydrogen (secondary N) is 1. The van der Waals surface area contributed by atoms with Crippen LogP contribution in [0.15, 0.2) is 64.0 Å². The molecule has 0 aromatic heterocycles. The van der Waals surface area contributed by atoms with Crippen molar-refractivity contribution >= 4 is 26.0 Å². The molecule has 0 fully saturated rings. The van der Waals surface area contributed by atoms with Crippen molar-refractivity contribution in [2.75, 3.05) is 0 Å². The van der Waals surface area contributed by atoms with Crippen LogP contribution in [0.5, 0.6) is 0 Å². The smallest absolute Gasteiger partial charge is 0.207 e. The molecular weight excluding hydrogens is 326 g/mol. The molecule has 2 aromatic rings. The van der Waals surface area contributed by atoms with Crippen molar-refractivity contribution in [2.24, 2.45) is 0 Å². The summed E-state index contributed by atoms with van der Waals surface area (Å²) in [4.78, 5) is 0.262. The lowest BCUT2D eigenvalue weighted by Gasteiger charge is -2.14. The third-order valence-corrected chi connectivity index (χ3v) is 4.84. The Bertz CT molecular complexity index is 639. The van der Waals surface area contributed by atoms with Gasteiger partial charge in [0.05, 0.1) is 4.90 Å². The highest BCUT2D eigenvalue weighted by atomic mass is 79.9. The second kappa shape index (κ2) is 5.86. The van der Waals surface area contributed by atoms with Crippen LogP contribution in [-0.4, -0.2) is 8.42 Å². The van der Waals surface area contributed by atoms with Crippen LogP contribution in [0.1, 0.15) is 18.5 Å². The maximum atomic E-state index is 12.2. The zero-order valence-corrected chi connectivity index (χ0v) is 12.8. The largest absolute Gasteiger partial charge is 0.241 e. The van der Waals surface area contributed by atoms with E-state index in [-0.39, 0.29) is 10.9 Å². The number of hydrogen-bond donors (Lipinski definition) is 1. The second-order valence-electron chi connectivity index (χ2n) is 4.21. The van der Waals surface area contributed by atoms with E-state index in [4.69, 9.17) is 0 Å². The van der Waals surface area contributed by atoms with Gasteiger partial charge in [-0.25, -0.2) is 13.1 Å². The van der Waals surface area contributed by atoms with E-state index in [1.807, 2.05) is 37.3 Å². The molecule has 0 spiro atoms. The van der Waals surface area contributed by atoms with E-state index >= 15 is 0 Å². The van der Waals surface area contributed by atoms with Gasteiger partial charge in [-0.2, -0.15) is 0 Å². The first-order valence-electron chi connectivity index (χ1n) is 5.82. The average molecular weight is 340 g/mol. The van der Waals surface area contributed by atoms with Crippen LogP contribution in [0.2, 0.25) is 0 Å². The fourth-order valence-corrected chi connectivity index (χ4v) is 3.22. The van der Waals surface area contributed by atoms with Crippen molar-refractivity contribution in [2.45, 2.75) is 17.9 Å². The molecule has 1 atom stereocenters. The Morgan fingerprint density at radius 1 is 1.00 bits per heavy atom. The predicted octanol–water partition coefficient (Wildman–Crippen LogP) is 3.49. The third-order valence-electron chi connectivity index (χ3n) is 2.76. The van der Waals surface area contributed by atoms with Gasteiger partial charge in [-0.3, -0.25) is 0 Å². The second-order valence-corrected chi connectivity index (χ2v) is 6.84. The molecule has 0 amide bonds. The van der Waals surface area contributed by atoms with Gasteiger partial charge < -0.3 is 0 Å². The normalized spacial score (nSPS) is 13.2. The molecule has 0 radical (unpaired) electrons. The van der Waals surface area contributed by atoms with E-state index in [1.54, 1.807) is 24.3 Å². The molecule has 0 bridgehead atoms. The number of rotatable bonds is 4. The van der Waals surface area contributed by atoms with Crippen LogP contribution in [-0.2, 0) is 10.0 Å². The Morgan fingerprint density at radius 3 is 2.16 bits per heavy atom. The number of hydrogen-bond acceptors (Lipinski definition) is 2. The van der Waals surface area contributed by atoms with Crippen LogP contribution in [0, 0.1) is 0 Å². The predicted molar refractivity (Wildman–Crippen MR) is 79.3 cm³/mol. The third kappa shape index (κ3) is 3.65. The molecule has 5 heteroatoms. The minimum absolute atomic E-state index is 0.262. The van der Waals surface area contributed by atoms with Crippen molar-refractivity contribution in [3.05, 3.63) is 64.6 Å². The molecule has 0 saturated heterocycles.